The molecule has 112 valence electrons. The second-order valence-electron chi connectivity index (χ2n) is 4.81. The number of methoxy groups -OCH3 is 1. The largest absolute Gasteiger partial charge is 0.389 e. The van der Waals surface area contributed by atoms with E-state index in [4.69, 9.17) is 4.74 Å². The van der Waals surface area contributed by atoms with E-state index >= 15 is 0 Å². The fourth-order valence-electron chi connectivity index (χ4n) is 2.06. The molecule has 2 N–H and O–H groups in total. The summed E-state index contributed by atoms with van der Waals surface area (Å²) in [6.07, 6.45) is 0.130. The second-order valence-corrected chi connectivity index (χ2v) is 4.81. The summed E-state index contributed by atoms with van der Waals surface area (Å²) in [6.45, 7) is 1.30. The first-order valence-corrected chi connectivity index (χ1v) is 6.75. The SMILES string of the molecule is CNCCc1ccccc1C(=O)N(C)CC(O)COC. The molecule has 1 atom stereocenters. The third kappa shape index (κ3) is 4.92. The molecule has 1 unspecified atom stereocenters. The maximum Gasteiger partial charge on any atom is 0.253 e. The van der Waals surface area contributed by atoms with Gasteiger partial charge in [-0.15, -0.1) is 0 Å². The molecule has 1 rings (SSSR count). The molecular formula is C15H24N2O3. The molecule has 0 radical (unpaired) electrons. The molecule has 0 saturated carbocycles. The van der Waals surface area contributed by atoms with Gasteiger partial charge in [0.1, 0.15) is 0 Å². The molecule has 1 aromatic carbocycles. The van der Waals surface area contributed by atoms with Gasteiger partial charge in [-0.2, -0.15) is 0 Å². The molecule has 5 heteroatoms. The van der Waals surface area contributed by atoms with Crippen LogP contribution in [0.3, 0.4) is 0 Å². The highest BCUT2D eigenvalue weighted by Crippen LogP contribution is 2.12. The summed E-state index contributed by atoms with van der Waals surface area (Å²) in [7, 11) is 5.10. The maximum absolute atomic E-state index is 12.4. The van der Waals surface area contributed by atoms with Crippen molar-refractivity contribution in [3.63, 3.8) is 0 Å². The van der Waals surface area contributed by atoms with Crippen LogP contribution in [0.4, 0.5) is 0 Å². The lowest BCUT2D eigenvalue weighted by Gasteiger charge is -2.21. The lowest BCUT2D eigenvalue weighted by atomic mass is 10.0. The quantitative estimate of drug-likeness (QED) is 0.729. The monoisotopic (exact) mass is 280 g/mol. The number of nitrogens with zero attached hydrogens (tertiary/aromatic N) is 1. The van der Waals surface area contributed by atoms with Crippen molar-refractivity contribution in [1.29, 1.82) is 0 Å². The molecule has 1 aromatic rings. The van der Waals surface area contributed by atoms with E-state index in [2.05, 4.69) is 5.32 Å². The number of likely N-dealkylation sites (N-methyl/N-ethyl adjacent to an activating group) is 2. The second kappa shape index (κ2) is 8.68. The Morgan fingerprint density at radius 1 is 1.45 bits per heavy atom. The number of carbonyl (C=O) groups is 1. The van der Waals surface area contributed by atoms with E-state index in [1.807, 2.05) is 31.3 Å². The lowest BCUT2D eigenvalue weighted by Crippen LogP contribution is -2.36. The van der Waals surface area contributed by atoms with Gasteiger partial charge in [0.05, 0.1) is 12.7 Å². The van der Waals surface area contributed by atoms with Crippen LogP contribution in [0.25, 0.3) is 0 Å². The van der Waals surface area contributed by atoms with Gasteiger partial charge in [-0.3, -0.25) is 4.79 Å². The van der Waals surface area contributed by atoms with Crippen LogP contribution in [0.1, 0.15) is 15.9 Å². The molecule has 0 bridgehead atoms. The fraction of sp³-hybridized carbons (Fsp3) is 0.533. The average Bonchev–Trinajstić information content (AvgIpc) is 2.44. The predicted octanol–water partition coefficient (Wildman–Crippen LogP) is 0.528. The van der Waals surface area contributed by atoms with E-state index < -0.39 is 6.10 Å². The zero-order valence-electron chi connectivity index (χ0n) is 12.4. The van der Waals surface area contributed by atoms with Gasteiger partial charge >= 0.3 is 0 Å². The summed E-state index contributed by atoms with van der Waals surface area (Å²) >= 11 is 0. The predicted molar refractivity (Wildman–Crippen MR) is 78.9 cm³/mol. The number of amides is 1. The molecule has 0 aromatic heterocycles. The first kappa shape index (κ1) is 16.6. The average molecular weight is 280 g/mol. The molecule has 0 aliphatic carbocycles. The molecule has 5 nitrogen and oxygen atoms in total. The van der Waals surface area contributed by atoms with Gasteiger partial charge in [-0.1, -0.05) is 18.2 Å². The van der Waals surface area contributed by atoms with Gasteiger partial charge in [-0.25, -0.2) is 0 Å². The van der Waals surface area contributed by atoms with Crippen molar-refractivity contribution < 1.29 is 14.6 Å². The fourth-order valence-corrected chi connectivity index (χ4v) is 2.06. The van der Waals surface area contributed by atoms with E-state index in [1.165, 1.54) is 12.0 Å². The zero-order chi connectivity index (χ0) is 15.0. The Bertz CT molecular complexity index is 423. The number of carbonyl (C=O) groups excluding carboxylic acids is 1. The maximum atomic E-state index is 12.4. The van der Waals surface area contributed by atoms with Crippen molar-refractivity contribution in [2.45, 2.75) is 12.5 Å². The summed E-state index contributed by atoms with van der Waals surface area (Å²) in [5.41, 5.74) is 1.70. The highest BCUT2D eigenvalue weighted by molar-refractivity contribution is 5.95. The molecule has 0 heterocycles. The Morgan fingerprint density at radius 2 is 2.15 bits per heavy atom. The van der Waals surface area contributed by atoms with Crippen LogP contribution in [0.5, 0.6) is 0 Å². The topological polar surface area (TPSA) is 61.8 Å². The number of benzene rings is 1. The van der Waals surface area contributed by atoms with Crippen LogP contribution in [0.15, 0.2) is 24.3 Å². The Hall–Kier alpha value is -1.43. The van der Waals surface area contributed by atoms with Crippen LogP contribution in [0.2, 0.25) is 0 Å². The van der Waals surface area contributed by atoms with E-state index in [-0.39, 0.29) is 19.1 Å². The third-order valence-electron chi connectivity index (χ3n) is 3.08. The van der Waals surface area contributed by atoms with Crippen LogP contribution in [-0.4, -0.2) is 62.9 Å². The Balaban J connectivity index is 2.75. The van der Waals surface area contributed by atoms with Crippen molar-refractivity contribution >= 4 is 5.91 Å². The smallest absolute Gasteiger partial charge is 0.253 e. The zero-order valence-corrected chi connectivity index (χ0v) is 12.4. The standard InChI is InChI=1S/C15H24N2O3/c1-16-9-8-12-6-4-5-7-14(12)15(19)17(2)10-13(18)11-20-3/h4-7,13,16,18H,8-11H2,1-3H3. The normalized spacial score (nSPS) is 12.2. The first-order chi connectivity index (χ1) is 9.60. The summed E-state index contributed by atoms with van der Waals surface area (Å²) in [4.78, 5) is 14.0. The van der Waals surface area contributed by atoms with Gasteiger partial charge in [-0.05, 0) is 31.6 Å². The summed E-state index contributed by atoms with van der Waals surface area (Å²) in [6, 6.07) is 7.58. The van der Waals surface area contributed by atoms with Crippen molar-refractivity contribution in [3.8, 4) is 0 Å². The molecule has 1 amide bonds. The minimum atomic E-state index is -0.668. The highest BCUT2D eigenvalue weighted by Gasteiger charge is 2.17. The Labute approximate surface area is 120 Å². The number of rotatable bonds is 8. The summed E-state index contributed by atoms with van der Waals surface area (Å²) in [5, 5.41) is 12.8. The van der Waals surface area contributed by atoms with Crippen molar-refractivity contribution in [2.24, 2.45) is 0 Å². The van der Waals surface area contributed by atoms with Gasteiger partial charge in [0.25, 0.3) is 5.91 Å². The third-order valence-corrected chi connectivity index (χ3v) is 3.08. The molecular weight excluding hydrogens is 256 g/mol. The van der Waals surface area contributed by atoms with Crippen LogP contribution in [0, 0.1) is 0 Å². The van der Waals surface area contributed by atoms with Gasteiger partial charge in [0, 0.05) is 26.3 Å². The number of hydrogen-bond donors (Lipinski definition) is 2. The minimum Gasteiger partial charge on any atom is -0.389 e. The summed E-state index contributed by atoms with van der Waals surface area (Å²) in [5.74, 6) is -0.0770. The lowest BCUT2D eigenvalue weighted by molar-refractivity contribution is 0.0380. The van der Waals surface area contributed by atoms with Gasteiger partial charge < -0.3 is 20.1 Å². The molecule has 20 heavy (non-hydrogen) atoms. The van der Waals surface area contributed by atoms with Gasteiger partial charge in [0.15, 0.2) is 0 Å². The van der Waals surface area contributed by atoms with Crippen LogP contribution in [-0.2, 0) is 11.2 Å². The van der Waals surface area contributed by atoms with E-state index in [0.717, 1.165) is 18.5 Å². The van der Waals surface area contributed by atoms with Gasteiger partial charge in [0.2, 0.25) is 0 Å². The molecule has 0 aliphatic heterocycles. The number of aliphatic hydroxyl groups excluding tert-OH is 1. The summed E-state index contributed by atoms with van der Waals surface area (Å²) < 4.78 is 4.87. The molecule has 0 spiro atoms. The number of aliphatic hydroxyl groups is 1. The molecule has 0 aliphatic rings. The van der Waals surface area contributed by atoms with E-state index in [0.29, 0.717) is 5.56 Å². The minimum absolute atomic E-state index is 0.0770. The molecule has 0 fully saturated rings. The van der Waals surface area contributed by atoms with Crippen molar-refractivity contribution in [3.05, 3.63) is 35.4 Å². The number of nitrogens with one attached hydrogen (secondary N) is 1. The Kier molecular flexibility index (Phi) is 7.22. The van der Waals surface area contributed by atoms with Crippen molar-refractivity contribution in [2.75, 3.05) is 40.9 Å². The number of ether oxygens (including phenoxy) is 1. The molecule has 0 saturated heterocycles. The van der Waals surface area contributed by atoms with E-state index in [1.54, 1.807) is 7.05 Å². The Morgan fingerprint density at radius 3 is 2.80 bits per heavy atom. The van der Waals surface area contributed by atoms with Crippen molar-refractivity contribution in [1.82, 2.24) is 10.2 Å². The van der Waals surface area contributed by atoms with Crippen LogP contribution < -0.4 is 5.32 Å². The number of hydrogen-bond acceptors (Lipinski definition) is 4. The highest BCUT2D eigenvalue weighted by atomic mass is 16.5. The van der Waals surface area contributed by atoms with E-state index in [9.17, 15) is 9.90 Å². The first-order valence-electron chi connectivity index (χ1n) is 6.75. The van der Waals surface area contributed by atoms with Crippen LogP contribution >= 0.6 is 0 Å².